The number of allylic oxidation sites excluding steroid dienone is 2. The molecule has 0 atom stereocenters. The van der Waals surface area contributed by atoms with Crippen LogP contribution in [0.4, 0.5) is 17.6 Å². The molecule has 3 aromatic rings. The van der Waals surface area contributed by atoms with Gasteiger partial charge in [0.15, 0.2) is 23.3 Å². The van der Waals surface area contributed by atoms with E-state index in [9.17, 15) is 17.6 Å². The fraction of sp³-hybridized carbons (Fsp3) is 0.0476. The minimum Gasteiger partial charge on any atom is -0.204 e. The Morgan fingerprint density at radius 1 is 0.560 bits per heavy atom. The van der Waals surface area contributed by atoms with Crippen molar-refractivity contribution in [1.29, 1.82) is 0 Å². The van der Waals surface area contributed by atoms with Gasteiger partial charge in [-0.05, 0) is 29.2 Å². The summed E-state index contributed by atoms with van der Waals surface area (Å²) in [7, 11) is 0. The summed E-state index contributed by atoms with van der Waals surface area (Å²) in [6, 6.07) is 13.3. The van der Waals surface area contributed by atoms with Gasteiger partial charge >= 0.3 is 0 Å². The first kappa shape index (κ1) is 15.6. The second-order valence-electron chi connectivity index (χ2n) is 5.90. The Kier molecular flexibility index (Phi) is 3.68. The molecule has 4 heteroatoms. The molecule has 0 bridgehead atoms. The van der Waals surface area contributed by atoms with Crippen LogP contribution in [0.2, 0.25) is 0 Å². The molecule has 0 heterocycles. The van der Waals surface area contributed by atoms with Gasteiger partial charge in [-0.3, -0.25) is 0 Å². The van der Waals surface area contributed by atoms with Crippen LogP contribution >= 0.6 is 0 Å². The highest BCUT2D eigenvalue weighted by molar-refractivity contribution is 5.80. The highest BCUT2D eigenvalue weighted by atomic mass is 19.2. The fourth-order valence-electron chi connectivity index (χ4n) is 2.85. The summed E-state index contributed by atoms with van der Waals surface area (Å²) in [5.74, 6) is -3.63. The molecular formula is C21H12F4. The van der Waals surface area contributed by atoms with Crippen LogP contribution < -0.4 is 0 Å². The second kappa shape index (κ2) is 5.88. The standard InChI is InChI=1S/C21H12F4/c22-18-3-1-2-15(19(18)23)12-4-6-13(7-5-12)16-10-11-17(14-8-9-14)21(25)20(16)24/h1-8,10-11H,9H2. The van der Waals surface area contributed by atoms with E-state index in [4.69, 9.17) is 0 Å². The summed E-state index contributed by atoms with van der Waals surface area (Å²) in [6.07, 6.45) is 2.52. The van der Waals surface area contributed by atoms with Crippen molar-refractivity contribution in [3.63, 3.8) is 0 Å². The molecule has 1 aliphatic rings. The second-order valence-corrected chi connectivity index (χ2v) is 5.90. The van der Waals surface area contributed by atoms with E-state index in [1.54, 1.807) is 30.3 Å². The van der Waals surface area contributed by atoms with Crippen LogP contribution in [0.5, 0.6) is 0 Å². The minimum atomic E-state index is -0.936. The quantitative estimate of drug-likeness (QED) is 0.486. The van der Waals surface area contributed by atoms with Gasteiger partial charge in [0.25, 0.3) is 0 Å². The highest BCUT2D eigenvalue weighted by Crippen LogP contribution is 2.36. The number of rotatable bonds is 3. The molecule has 0 spiro atoms. The highest BCUT2D eigenvalue weighted by Gasteiger charge is 2.20. The number of hydrogen-bond acceptors (Lipinski definition) is 0. The Labute approximate surface area is 142 Å². The third-order valence-electron chi connectivity index (χ3n) is 4.30. The Hall–Kier alpha value is -2.88. The van der Waals surface area contributed by atoms with Crippen LogP contribution in [0, 0.1) is 23.3 Å². The summed E-state index contributed by atoms with van der Waals surface area (Å²) in [5.41, 5.74) is 2.28. The fourth-order valence-corrected chi connectivity index (χ4v) is 2.85. The number of hydrogen-bond donors (Lipinski definition) is 0. The van der Waals surface area contributed by atoms with E-state index in [0.717, 1.165) is 11.6 Å². The van der Waals surface area contributed by atoms with E-state index in [2.05, 4.69) is 0 Å². The largest absolute Gasteiger partial charge is 0.204 e. The van der Waals surface area contributed by atoms with Crippen LogP contribution in [0.1, 0.15) is 12.0 Å². The topological polar surface area (TPSA) is 0 Å². The van der Waals surface area contributed by atoms with E-state index < -0.39 is 23.3 Å². The van der Waals surface area contributed by atoms with Crippen molar-refractivity contribution in [2.24, 2.45) is 0 Å². The van der Waals surface area contributed by atoms with Crippen molar-refractivity contribution >= 4 is 5.57 Å². The first-order valence-corrected chi connectivity index (χ1v) is 7.78. The third kappa shape index (κ3) is 2.74. The van der Waals surface area contributed by atoms with E-state index >= 15 is 0 Å². The van der Waals surface area contributed by atoms with Crippen LogP contribution in [0.15, 0.2) is 60.7 Å². The van der Waals surface area contributed by atoms with Crippen LogP contribution in [0.3, 0.4) is 0 Å². The minimum absolute atomic E-state index is 0.120. The Bertz CT molecular complexity index is 1000. The van der Waals surface area contributed by atoms with Crippen molar-refractivity contribution < 1.29 is 17.6 Å². The molecule has 3 aromatic carbocycles. The van der Waals surface area contributed by atoms with Gasteiger partial charge in [0, 0.05) is 16.7 Å². The van der Waals surface area contributed by atoms with E-state index in [-0.39, 0.29) is 11.1 Å². The number of halogens is 4. The van der Waals surface area contributed by atoms with Gasteiger partial charge < -0.3 is 0 Å². The van der Waals surface area contributed by atoms with Crippen molar-refractivity contribution in [1.82, 2.24) is 0 Å². The van der Waals surface area contributed by atoms with Crippen LogP contribution in [-0.4, -0.2) is 0 Å². The maximum absolute atomic E-state index is 14.4. The van der Waals surface area contributed by atoms with Crippen LogP contribution in [0.25, 0.3) is 27.8 Å². The molecule has 1 aliphatic carbocycles. The summed E-state index contributed by atoms with van der Waals surface area (Å²) in [6.45, 7) is 0. The van der Waals surface area contributed by atoms with Gasteiger partial charge in [0.05, 0.1) is 0 Å². The first-order valence-electron chi connectivity index (χ1n) is 7.78. The van der Waals surface area contributed by atoms with E-state index in [0.29, 0.717) is 23.1 Å². The van der Waals surface area contributed by atoms with Gasteiger partial charge in [0.2, 0.25) is 0 Å². The maximum atomic E-state index is 14.4. The summed E-state index contributed by atoms with van der Waals surface area (Å²) < 4.78 is 55.7. The maximum Gasteiger partial charge on any atom is 0.167 e. The lowest BCUT2D eigenvalue weighted by atomic mass is 9.98. The molecule has 0 radical (unpaired) electrons. The smallest absolute Gasteiger partial charge is 0.167 e. The normalized spacial score (nSPS) is 12.9. The molecule has 0 N–H and O–H groups in total. The van der Waals surface area contributed by atoms with Gasteiger partial charge in [-0.25, -0.2) is 17.6 Å². The van der Waals surface area contributed by atoms with Crippen molar-refractivity contribution in [3.05, 3.63) is 89.5 Å². The van der Waals surface area contributed by atoms with Gasteiger partial charge in [-0.2, -0.15) is 0 Å². The summed E-state index contributed by atoms with van der Waals surface area (Å²) >= 11 is 0. The zero-order valence-corrected chi connectivity index (χ0v) is 13.0. The summed E-state index contributed by atoms with van der Waals surface area (Å²) in [5, 5.41) is 0. The SMILES string of the molecule is Fc1cccc(-c2ccc(-c3ccc(C4=CC4)c(F)c3F)cc2)c1F. The average molecular weight is 340 g/mol. The lowest BCUT2D eigenvalue weighted by molar-refractivity contribution is 0.509. The Morgan fingerprint density at radius 2 is 1.08 bits per heavy atom. The lowest BCUT2D eigenvalue weighted by Gasteiger charge is -2.09. The average Bonchev–Trinajstić information content (AvgIpc) is 3.45. The molecule has 0 fully saturated rings. The number of benzene rings is 3. The molecule has 0 saturated heterocycles. The van der Waals surface area contributed by atoms with Crippen LogP contribution in [-0.2, 0) is 0 Å². The van der Waals surface area contributed by atoms with Crippen molar-refractivity contribution in [2.75, 3.05) is 0 Å². The lowest BCUT2D eigenvalue weighted by Crippen LogP contribution is -1.94. The van der Waals surface area contributed by atoms with Gasteiger partial charge in [-0.15, -0.1) is 0 Å². The zero-order valence-electron chi connectivity index (χ0n) is 13.0. The van der Waals surface area contributed by atoms with E-state index in [1.165, 1.54) is 18.2 Å². The Balaban J connectivity index is 1.72. The zero-order chi connectivity index (χ0) is 17.6. The molecule has 0 nitrogen and oxygen atoms in total. The molecule has 25 heavy (non-hydrogen) atoms. The molecular weight excluding hydrogens is 328 g/mol. The molecule has 4 rings (SSSR count). The van der Waals surface area contributed by atoms with Gasteiger partial charge in [0.1, 0.15) is 0 Å². The Morgan fingerprint density at radius 3 is 1.68 bits per heavy atom. The third-order valence-corrected chi connectivity index (χ3v) is 4.30. The molecule has 124 valence electrons. The van der Waals surface area contributed by atoms with Crippen molar-refractivity contribution in [3.8, 4) is 22.3 Å². The van der Waals surface area contributed by atoms with E-state index in [1.807, 2.05) is 6.08 Å². The molecule has 0 unspecified atom stereocenters. The predicted molar refractivity (Wildman–Crippen MR) is 89.7 cm³/mol. The molecule has 0 saturated carbocycles. The molecule has 0 amide bonds. The van der Waals surface area contributed by atoms with Crippen molar-refractivity contribution in [2.45, 2.75) is 6.42 Å². The first-order chi connectivity index (χ1) is 12.1. The molecule has 0 aliphatic heterocycles. The molecule has 0 aromatic heterocycles. The predicted octanol–water partition coefficient (Wildman–Crippen LogP) is 6.36. The summed E-state index contributed by atoms with van der Waals surface area (Å²) in [4.78, 5) is 0. The monoisotopic (exact) mass is 340 g/mol. The van der Waals surface area contributed by atoms with Gasteiger partial charge in [-0.1, -0.05) is 54.6 Å².